The van der Waals surface area contributed by atoms with E-state index in [9.17, 15) is 14.3 Å². The van der Waals surface area contributed by atoms with Gasteiger partial charge in [-0.3, -0.25) is 9.78 Å². The molecule has 0 radical (unpaired) electrons. The average Bonchev–Trinajstić information content (AvgIpc) is 2.94. The predicted molar refractivity (Wildman–Crippen MR) is 74.5 cm³/mol. The van der Waals surface area contributed by atoms with Crippen LogP contribution < -0.4 is 4.90 Å². The maximum Gasteiger partial charge on any atom is 0.308 e. The van der Waals surface area contributed by atoms with Gasteiger partial charge in [0.05, 0.1) is 5.92 Å². The highest BCUT2D eigenvalue weighted by Crippen LogP contribution is 2.35. The molecule has 3 rings (SSSR count). The van der Waals surface area contributed by atoms with Gasteiger partial charge in [0.15, 0.2) is 11.6 Å². The highest BCUT2D eigenvalue weighted by molar-refractivity contribution is 5.73. The molecule has 0 aliphatic carbocycles. The average molecular weight is 287 g/mol. The number of aromatic nitrogens is 2. The highest BCUT2D eigenvalue weighted by Gasteiger charge is 2.39. The van der Waals surface area contributed by atoms with Crippen molar-refractivity contribution in [3.8, 4) is 0 Å². The third-order valence-corrected chi connectivity index (χ3v) is 3.79. The Morgan fingerprint density at radius 3 is 2.76 bits per heavy atom. The summed E-state index contributed by atoms with van der Waals surface area (Å²) in [5.41, 5.74) is 0.851. The molecule has 3 heterocycles. The van der Waals surface area contributed by atoms with Crippen molar-refractivity contribution in [2.24, 2.45) is 5.92 Å². The second-order valence-corrected chi connectivity index (χ2v) is 5.05. The van der Waals surface area contributed by atoms with Gasteiger partial charge in [-0.15, -0.1) is 0 Å². The van der Waals surface area contributed by atoms with E-state index in [2.05, 4.69) is 9.97 Å². The van der Waals surface area contributed by atoms with Crippen molar-refractivity contribution in [2.45, 2.75) is 5.92 Å². The Balaban J connectivity index is 1.92. The molecule has 0 bridgehead atoms. The zero-order chi connectivity index (χ0) is 14.8. The minimum Gasteiger partial charge on any atom is -0.481 e. The summed E-state index contributed by atoms with van der Waals surface area (Å²) in [5, 5.41) is 9.42. The van der Waals surface area contributed by atoms with Crippen molar-refractivity contribution in [1.29, 1.82) is 0 Å². The molecule has 1 aliphatic heterocycles. The van der Waals surface area contributed by atoms with Crippen LogP contribution >= 0.6 is 0 Å². The maximum absolute atomic E-state index is 13.8. The summed E-state index contributed by atoms with van der Waals surface area (Å²) in [6.45, 7) is 0.652. The van der Waals surface area contributed by atoms with Gasteiger partial charge in [-0.1, -0.05) is 6.07 Å². The molecule has 0 spiro atoms. The molecular formula is C15H14FN3O2. The zero-order valence-electron chi connectivity index (χ0n) is 11.2. The normalized spacial score (nSPS) is 21.5. The Morgan fingerprint density at radius 1 is 1.29 bits per heavy atom. The zero-order valence-corrected chi connectivity index (χ0v) is 11.2. The molecule has 0 amide bonds. The number of hydrogen-bond acceptors (Lipinski definition) is 4. The number of nitrogens with zero attached hydrogens (tertiary/aromatic N) is 3. The van der Waals surface area contributed by atoms with Crippen LogP contribution in [-0.2, 0) is 4.79 Å². The summed E-state index contributed by atoms with van der Waals surface area (Å²) in [4.78, 5) is 21.2. The lowest BCUT2D eigenvalue weighted by molar-refractivity contribution is -0.141. The number of halogens is 1. The van der Waals surface area contributed by atoms with E-state index in [1.54, 1.807) is 23.4 Å². The Bertz CT molecular complexity index is 650. The molecule has 108 valence electrons. The lowest BCUT2D eigenvalue weighted by Crippen LogP contribution is -2.24. The number of pyridine rings is 2. The molecule has 6 heteroatoms. The van der Waals surface area contributed by atoms with Crippen LogP contribution in [0.3, 0.4) is 0 Å². The van der Waals surface area contributed by atoms with E-state index in [1.807, 2.05) is 6.07 Å². The number of carbonyl (C=O) groups is 1. The molecule has 5 nitrogen and oxygen atoms in total. The van der Waals surface area contributed by atoms with Crippen LogP contribution in [0.25, 0.3) is 0 Å². The van der Waals surface area contributed by atoms with Gasteiger partial charge in [-0.05, 0) is 23.8 Å². The first kappa shape index (κ1) is 13.5. The number of aliphatic carboxylic acids is 1. The van der Waals surface area contributed by atoms with Crippen LogP contribution in [0.4, 0.5) is 10.2 Å². The topological polar surface area (TPSA) is 66.3 Å². The van der Waals surface area contributed by atoms with Crippen molar-refractivity contribution in [3.05, 3.63) is 54.2 Å². The van der Waals surface area contributed by atoms with Crippen LogP contribution in [0.5, 0.6) is 0 Å². The van der Waals surface area contributed by atoms with Crippen LogP contribution in [-0.4, -0.2) is 34.1 Å². The largest absolute Gasteiger partial charge is 0.481 e. The van der Waals surface area contributed by atoms with Crippen LogP contribution in [0.1, 0.15) is 11.5 Å². The number of anilines is 1. The molecule has 2 atom stereocenters. The van der Waals surface area contributed by atoms with Crippen LogP contribution in [0.15, 0.2) is 42.9 Å². The van der Waals surface area contributed by atoms with E-state index >= 15 is 0 Å². The Labute approximate surface area is 121 Å². The summed E-state index contributed by atoms with van der Waals surface area (Å²) < 4.78 is 13.8. The van der Waals surface area contributed by atoms with Gasteiger partial charge in [-0.2, -0.15) is 0 Å². The first-order chi connectivity index (χ1) is 10.2. The SMILES string of the molecule is O=C(O)[C@@H]1CN(c2ncccc2F)C[C@H]1c1cccnc1. The lowest BCUT2D eigenvalue weighted by Gasteiger charge is -2.17. The van der Waals surface area contributed by atoms with E-state index in [1.165, 1.54) is 18.3 Å². The first-order valence-electron chi connectivity index (χ1n) is 6.65. The monoisotopic (exact) mass is 287 g/mol. The van der Waals surface area contributed by atoms with Crippen molar-refractivity contribution in [2.75, 3.05) is 18.0 Å². The minimum absolute atomic E-state index is 0.204. The summed E-state index contributed by atoms with van der Waals surface area (Å²) in [5.74, 6) is -1.94. The molecule has 1 saturated heterocycles. The molecule has 21 heavy (non-hydrogen) atoms. The van der Waals surface area contributed by atoms with E-state index in [-0.39, 0.29) is 18.3 Å². The molecule has 1 aliphatic rings. The third-order valence-electron chi connectivity index (χ3n) is 3.79. The van der Waals surface area contributed by atoms with E-state index in [4.69, 9.17) is 0 Å². The second-order valence-electron chi connectivity index (χ2n) is 5.05. The summed E-state index contributed by atoms with van der Waals surface area (Å²) in [6, 6.07) is 6.47. The van der Waals surface area contributed by atoms with Crippen molar-refractivity contribution in [1.82, 2.24) is 9.97 Å². The van der Waals surface area contributed by atoms with Gasteiger partial charge in [0.1, 0.15) is 0 Å². The molecule has 2 aromatic heterocycles. The number of carboxylic acid groups (broad SMARTS) is 1. The first-order valence-corrected chi connectivity index (χ1v) is 6.65. The Hall–Kier alpha value is -2.50. The molecule has 1 N–H and O–H groups in total. The lowest BCUT2D eigenvalue weighted by atomic mass is 9.90. The second kappa shape index (κ2) is 5.47. The molecule has 0 saturated carbocycles. The summed E-state index contributed by atoms with van der Waals surface area (Å²) in [6.07, 6.45) is 4.81. The maximum atomic E-state index is 13.8. The Morgan fingerprint density at radius 2 is 2.10 bits per heavy atom. The number of carboxylic acids is 1. The quantitative estimate of drug-likeness (QED) is 0.934. The smallest absolute Gasteiger partial charge is 0.308 e. The molecule has 1 fully saturated rings. The van der Waals surface area contributed by atoms with E-state index in [0.29, 0.717) is 6.54 Å². The summed E-state index contributed by atoms with van der Waals surface area (Å²) in [7, 11) is 0. The van der Waals surface area contributed by atoms with Gasteiger partial charge in [0.25, 0.3) is 0 Å². The van der Waals surface area contributed by atoms with E-state index in [0.717, 1.165) is 5.56 Å². The highest BCUT2D eigenvalue weighted by atomic mass is 19.1. The third kappa shape index (κ3) is 2.56. The minimum atomic E-state index is -0.886. The molecule has 0 aromatic carbocycles. The predicted octanol–water partition coefficient (Wildman–Crippen LogP) is 1.92. The fourth-order valence-electron chi connectivity index (χ4n) is 2.77. The van der Waals surface area contributed by atoms with Crippen molar-refractivity contribution in [3.63, 3.8) is 0 Å². The number of rotatable bonds is 3. The van der Waals surface area contributed by atoms with Gasteiger partial charge < -0.3 is 10.0 Å². The van der Waals surface area contributed by atoms with Gasteiger partial charge in [-0.25, -0.2) is 9.37 Å². The van der Waals surface area contributed by atoms with Crippen LogP contribution in [0.2, 0.25) is 0 Å². The summed E-state index contributed by atoms with van der Waals surface area (Å²) >= 11 is 0. The van der Waals surface area contributed by atoms with E-state index < -0.39 is 17.7 Å². The molecular weight excluding hydrogens is 273 g/mol. The standard InChI is InChI=1S/C15H14FN3O2/c16-13-4-2-6-18-14(13)19-8-11(12(9-19)15(20)21)10-3-1-5-17-7-10/h1-7,11-12H,8-9H2,(H,20,21)/t11-,12+/m0/s1. The molecule has 0 unspecified atom stereocenters. The fourth-order valence-corrected chi connectivity index (χ4v) is 2.77. The van der Waals surface area contributed by atoms with Crippen molar-refractivity contribution < 1.29 is 14.3 Å². The number of hydrogen-bond donors (Lipinski definition) is 1. The van der Waals surface area contributed by atoms with Crippen molar-refractivity contribution >= 4 is 11.8 Å². The Kier molecular flexibility index (Phi) is 3.51. The molecule has 2 aromatic rings. The van der Waals surface area contributed by atoms with Gasteiger partial charge >= 0.3 is 5.97 Å². The van der Waals surface area contributed by atoms with Gasteiger partial charge in [0.2, 0.25) is 0 Å². The van der Waals surface area contributed by atoms with Gasteiger partial charge in [0, 0.05) is 37.6 Å². The fraction of sp³-hybridized carbons (Fsp3) is 0.267. The van der Waals surface area contributed by atoms with Crippen LogP contribution in [0, 0.1) is 11.7 Å².